The standard InChI is InChI=1S/C32H44O3/c1-22(2)13-12-16-27(33)32(20-19-24(5)6)21-26(18-17-23(3)4)31(7,8)28(30(32)35)29(34)25-14-10-9-11-15-25/h9-11,13-15,17,19-20,24,26,28H,12,16,18,21H2,1-8H3/b20-19+/t26-,28+,32-/m0/s1. The van der Waals surface area contributed by atoms with Crippen LogP contribution in [0.4, 0.5) is 0 Å². The van der Waals surface area contributed by atoms with Gasteiger partial charge >= 0.3 is 0 Å². The first-order valence-electron chi connectivity index (χ1n) is 13.0. The maximum atomic E-state index is 14.4. The fraction of sp³-hybridized carbons (Fsp3) is 0.531. The summed E-state index contributed by atoms with van der Waals surface area (Å²) in [5.41, 5.74) is 1.03. The van der Waals surface area contributed by atoms with Gasteiger partial charge in [-0.15, -0.1) is 0 Å². The number of Topliss-reactive ketones (excluding diaryl/α,β-unsaturated/α-hetero) is 3. The van der Waals surface area contributed by atoms with Crippen molar-refractivity contribution in [3.8, 4) is 0 Å². The van der Waals surface area contributed by atoms with Gasteiger partial charge in [0.15, 0.2) is 17.3 Å². The molecule has 0 radical (unpaired) electrons. The predicted octanol–water partition coefficient (Wildman–Crippen LogP) is 7.97. The van der Waals surface area contributed by atoms with E-state index in [0.717, 1.165) is 12.0 Å². The van der Waals surface area contributed by atoms with Crippen LogP contribution in [0.1, 0.15) is 91.4 Å². The van der Waals surface area contributed by atoms with Crippen molar-refractivity contribution in [3.05, 3.63) is 71.3 Å². The Balaban J connectivity index is 2.69. The molecule has 2 rings (SSSR count). The third-order valence-corrected chi connectivity index (χ3v) is 7.38. The van der Waals surface area contributed by atoms with E-state index in [0.29, 0.717) is 24.8 Å². The first-order valence-corrected chi connectivity index (χ1v) is 13.0. The third kappa shape index (κ3) is 6.78. The molecule has 1 aromatic rings. The molecule has 1 aliphatic carbocycles. The van der Waals surface area contributed by atoms with Crippen LogP contribution < -0.4 is 0 Å². The van der Waals surface area contributed by atoms with Gasteiger partial charge in [-0.25, -0.2) is 0 Å². The summed E-state index contributed by atoms with van der Waals surface area (Å²) in [5.74, 6) is -1.15. The minimum Gasteiger partial charge on any atom is -0.298 e. The van der Waals surface area contributed by atoms with E-state index in [2.05, 4.69) is 19.9 Å². The van der Waals surface area contributed by atoms with Gasteiger partial charge < -0.3 is 0 Å². The number of carbonyl (C=O) groups is 3. The van der Waals surface area contributed by atoms with Crippen LogP contribution in [0.3, 0.4) is 0 Å². The van der Waals surface area contributed by atoms with E-state index in [1.807, 2.05) is 78.0 Å². The van der Waals surface area contributed by atoms with E-state index in [1.54, 1.807) is 12.1 Å². The van der Waals surface area contributed by atoms with Gasteiger partial charge in [0.25, 0.3) is 0 Å². The molecule has 1 fully saturated rings. The van der Waals surface area contributed by atoms with E-state index < -0.39 is 16.7 Å². The Labute approximate surface area is 212 Å². The average molecular weight is 477 g/mol. The zero-order valence-electron chi connectivity index (χ0n) is 23.0. The van der Waals surface area contributed by atoms with Gasteiger partial charge in [0.2, 0.25) is 0 Å². The topological polar surface area (TPSA) is 51.2 Å². The van der Waals surface area contributed by atoms with Crippen molar-refractivity contribution >= 4 is 17.3 Å². The van der Waals surface area contributed by atoms with Crippen LogP contribution in [0, 0.1) is 28.6 Å². The molecule has 0 heterocycles. The normalized spacial score (nSPS) is 23.9. The van der Waals surface area contributed by atoms with Crippen LogP contribution >= 0.6 is 0 Å². The molecule has 3 heteroatoms. The minimum absolute atomic E-state index is 0.0111. The molecule has 1 aromatic carbocycles. The highest BCUT2D eigenvalue weighted by atomic mass is 16.2. The third-order valence-electron chi connectivity index (χ3n) is 7.38. The first kappa shape index (κ1) is 28.7. The Morgan fingerprint density at radius 2 is 1.60 bits per heavy atom. The smallest absolute Gasteiger partial charge is 0.173 e. The molecule has 0 amide bonds. The molecule has 1 aliphatic rings. The van der Waals surface area contributed by atoms with E-state index >= 15 is 0 Å². The van der Waals surface area contributed by atoms with Crippen molar-refractivity contribution < 1.29 is 14.4 Å². The molecule has 190 valence electrons. The van der Waals surface area contributed by atoms with Crippen LogP contribution in [-0.4, -0.2) is 17.3 Å². The monoisotopic (exact) mass is 476 g/mol. The summed E-state index contributed by atoms with van der Waals surface area (Å²) in [5, 5.41) is 0. The number of hydrogen-bond donors (Lipinski definition) is 0. The molecule has 0 N–H and O–H groups in total. The van der Waals surface area contributed by atoms with Crippen molar-refractivity contribution in [2.45, 2.75) is 81.1 Å². The van der Waals surface area contributed by atoms with Crippen molar-refractivity contribution in [3.63, 3.8) is 0 Å². The Kier molecular flexibility index (Phi) is 9.77. The molecule has 0 aromatic heterocycles. The summed E-state index contributed by atoms with van der Waals surface area (Å²) in [6.07, 6.45) is 10.1. The Morgan fingerprint density at radius 3 is 2.14 bits per heavy atom. The lowest BCUT2D eigenvalue weighted by atomic mass is 9.50. The number of allylic oxidation sites excluding steroid dienone is 6. The molecule has 1 saturated carbocycles. The maximum Gasteiger partial charge on any atom is 0.173 e. The van der Waals surface area contributed by atoms with Gasteiger partial charge in [0.05, 0.1) is 5.92 Å². The van der Waals surface area contributed by atoms with Gasteiger partial charge in [-0.3, -0.25) is 14.4 Å². The van der Waals surface area contributed by atoms with Crippen molar-refractivity contribution in [2.24, 2.45) is 28.6 Å². The second kappa shape index (κ2) is 11.9. The molecule has 0 aliphatic heterocycles. The molecule has 3 atom stereocenters. The van der Waals surface area contributed by atoms with E-state index in [-0.39, 0.29) is 29.2 Å². The molecule has 35 heavy (non-hydrogen) atoms. The summed E-state index contributed by atoms with van der Waals surface area (Å²) in [4.78, 5) is 42.2. The summed E-state index contributed by atoms with van der Waals surface area (Å²) < 4.78 is 0. The largest absolute Gasteiger partial charge is 0.298 e. The van der Waals surface area contributed by atoms with Crippen LogP contribution in [0.5, 0.6) is 0 Å². The second-order valence-corrected chi connectivity index (χ2v) is 11.6. The Morgan fingerprint density at radius 1 is 1.00 bits per heavy atom. The number of carbonyl (C=O) groups excluding carboxylic acids is 3. The first-order chi connectivity index (χ1) is 16.3. The van der Waals surface area contributed by atoms with Gasteiger partial charge in [0.1, 0.15) is 5.41 Å². The molecular formula is C32H44O3. The molecule has 0 bridgehead atoms. The highest BCUT2D eigenvalue weighted by Crippen LogP contribution is 2.54. The van der Waals surface area contributed by atoms with Gasteiger partial charge in [-0.1, -0.05) is 93.5 Å². The van der Waals surface area contributed by atoms with Gasteiger partial charge in [0, 0.05) is 12.0 Å². The molecular weight excluding hydrogens is 432 g/mol. The molecule has 0 saturated heterocycles. The molecule has 0 unspecified atom stereocenters. The lowest BCUT2D eigenvalue weighted by Gasteiger charge is -2.50. The van der Waals surface area contributed by atoms with Crippen LogP contribution in [-0.2, 0) is 9.59 Å². The summed E-state index contributed by atoms with van der Waals surface area (Å²) in [6, 6.07) is 9.06. The van der Waals surface area contributed by atoms with Crippen LogP contribution in [0.15, 0.2) is 65.8 Å². The highest BCUT2D eigenvalue weighted by Gasteiger charge is 2.59. The fourth-order valence-corrected chi connectivity index (χ4v) is 5.14. The van der Waals surface area contributed by atoms with Crippen molar-refractivity contribution in [1.82, 2.24) is 0 Å². The molecule has 0 spiro atoms. The second-order valence-electron chi connectivity index (χ2n) is 11.6. The zero-order chi connectivity index (χ0) is 26.4. The van der Waals surface area contributed by atoms with Gasteiger partial charge in [-0.2, -0.15) is 0 Å². The molecule has 3 nitrogen and oxygen atoms in total. The number of hydrogen-bond acceptors (Lipinski definition) is 3. The Bertz CT molecular complexity index is 999. The number of benzene rings is 1. The highest BCUT2D eigenvalue weighted by molar-refractivity contribution is 6.20. The van der Waals surface area contributed by atoms with Crippen LogP contribution in [0.2, 0.25) is 0 Å². The predicted molar refractivity (Wildman–Crippen MR) is 145 cm³/mol. The van der Waals surface area contributed by atoms with Gasteiger partial charge in [-0.05, 0) is 64.2 Å². The SMILES string of the molecule is CC(C)=CCCC(=O)[C@]1(/C=C/C(C)C)C[C@H](CC=C(C)C)C(C)(C)[C@H](C(=O)c2ccccc2)C1=O. The summed E-state index contributed by atoms with van der Waals surface area (Å²) in [6.45, 7) is 16.3. The average Bonchev–Trinajstić information content (AvgIpc) is 2.77. The zero-order valence-corrected chi connectivity index (χ0v) is 23.0. The summed E-state index contributed by atoms with van der Waals surface area (Å²) >= 11 is 0. The van der Waals surface area contributed by atoms with Crippen molar-refractivity contribution in [1.29, 1.82) is 0 Å². The van der Waals surface area contributed by atoms with Crippen LogP contribution in [0.25, 0.3) is 0 Å². The lowest BCUT2D eigenvalue weighted by Crippen LogP contribution is -2.57. The van der Waals surface area contributed by atoms with E-state index in [9.17, 15) is 14.4 Å². The van der Waals surface area contributed by atoms with E-state index in [4.69, 9.17) is 0 Å². The lowest BCUT2D eigenvalue weighted by molar-refractivity contribution is -0.149. The minimum atomic E-state index is -1.27. The maximum absolute atomic E-state index is 14.4. The quantitative estimate of drug-likeness (QED) is 0.195. The number of ketones is 3. The Hall–Kier alpha value is -2.55. The van der Waals surface area contributed by atoms with Crippen molar-refractivity contribution in [2.75, 3.05) is 0 Å². The fourth-order valence-electron chi connectivity index (χ4n) is 5.14. The van der Waals surface area contributed by atoms with E-state index in [1.165, 1.54) is 5.57 Å². The number of rotatable bonds is 10. The summed E-state index contributed by atoms with van der Waals surface area (Å²) in [7, 11) is 0.